The summed E-state index contributed by atoms with van der Waals surface area (Å²) in [6.45, 7) is 20.3. The molecule has 0 aliphatic heterocycles. The van der Waals surface area contributed by atoms with Gasteiger partial charge in [-0.05, 0) is 43.3 Å². The Morgan fingerprint density at radius 3 is 1.50 bits per heavy atom. The number of carbonyl (C=O) groups is 3. The molecule has 0 radical (unpaired) electrons. The fraction of sp³-hybridized carbons (Fsp3) is 0.750. The Kier molecular flexibility index (Phi) is 37.8. The number of rotatable bonds is 10. The summed E-state index contributed by atoms with van der Waals surface area (Å²) in [4.78, 5) is 27.5. The third-order valence-corrected chi connectivity index (χ3v) is 2.87. The Hall–Kier alpha value is -1.29. The number of hydrogen-bond donors (Lipinski definition) is 1. The van der Waals surface area contributed by atoms with Gasteiger partial charge in [-0.15, -0.1) is 0 Å². The van der Waals surface area contributed by atoms with Crippen LogP contribution in [0.15, 0.2) is 12.2 Å². The van der Waals surface area contributed by atoms with Gasteiger partial charge in [0, 0.05) is 6.42 Å². The molecule has 0 aliphatic rings. The van der Waals surface area contributed by atoms with Crippen LogP contribution in [0.25, 0.3) is 0 Å². The van der Waals surface area contributed by atoms with E-state index >= 15 is 0 Å². The van der Waals surface area contributed by atoms with Gasteiger partial charge in [0.2, 0.25) is 0 Å². The van der Waals surface area contributed by atoms with E-state index in [1.54, 1.807) is 0 Å². The minimum absolute atomic E-state index is 0.303. The molecular formula is C20H41NO3. The lowest BCUT2D eigenvalue weighted by Gasteiger charge is -1.99. The van der Waals surface area contributed by atoms with Crippen molar-refractivity contribution >= 4 is 19.4 Å². The second-order valence-corrected chi connectivity index (χ2v) is 6.10. The van der Waals surface area contributed by atoms with Gasteiger partial charge < -0.3 is 14.9 Å². The zero-order valence-corrected chi connectivity index (χ0v) is 16.9. The van der Waals surface area contributed by atoms with Gasteiger partial charge in [0.25, 0.3) is 0 Å². The predicted octanol–water partition coefficient (Wildman–Crippen LogP) is 4.62. The summed E-state index contributed by atoms with van der Waals surface area (Å²) in [5.41, 5.74) is 0.667. The van der Waals surface area contributed by atoms with Crippen molar-refractivity contribution in [1.82, 2.24) is 5.32 Å². The molecule has 1 N–H and O–H groups in total. The third kappa shape index (κ3) is 42.8. The average Bonchev–Trinajstić information content (AvgIpc) is 2.57. The van der Waals surface area contributed by atoms with E-state index in [4.69, 9.17) is 4.79 Å². The Bertz CT molecular complexity index is 258. The zero-order valence-electron chi connectivity index (χ0n) is 16.9. The first-order valence-electron chi connectivity index (χ1n) is 8.94. The molecule has 0 atom stereocenters. The number of hydrogen-bond acceptors (Lipinski definition) is 4. The van der Waals surface area contributed by atoms with Gasteiger partial charge in [0.05, 0.1) is 0 Å². The highest BCUT2D eigenvalue weighted by molar-refractivity contribution is 5.72. The van der Waals surface area contributed by atoms with Crippen LogP contribution in [0.1, 0.15) is 73.6 Å². The van der Waals surface area contributed by atoms with Crippen molar-refractivity contribution in [3.63, 3.8) is 0 Å². The molecule has 0 rings (SSSR count). The van der Waals surface area contributed by atoms with Crippen LogP contribution < -0.4 is 5.32 Å². The topological polar surface area (TPSA) is 63.2 Å². The zero-order chi connectivity index (χ0) is 19.8. The highest BCUT2D eigenvalue weighted by Gasteiger charge is 1.94. The molecule has 0 amide bonds. The SMILES string of the molecule is C=C(C=O)C(C)C.C=O.CC(C)CC=O.CCCCNCCCC. The highest BCUT2D eigenvalue weighted by Crippen LogP contribution is 2.00. The summed E-state index contributed by atoms with van der Waals surface area (Å²) in [6.07, 6.45) is 7.70. The predicted molar refractivity (Wildman–Crippen MR) is 105 cm³/mol. The molecule has 0 spiro atoms. The molecule has 0 unspecified atom stereocenters. The number of aldehydes is 2. The standard InChI is InChI=1S/C8H19N.C6H10O.C5H10O.CH2O/c1-3-5-7-9-8-6-4-2;1-5(2)6(3)4-7;1-5(2)3-4-6;1-2/h9H,3-8H2,1-2H3;4-5H,3H2,1-2H3;4-5H,3H2,1-2H3;1H2. The van der Waals surface area contributed by atoms with Crippen molar-refractivity contribution < 1.29 is 14.4 Å². The van der Waals surface area contributed by atoms with E-state index in [9.17, 15) is 9.59 Å². The molecule has 0 aromatic rings. The first-order chi connectivity index (χ1) is 11.4. The van der Waals surface area contributed by atoms with E-state index in [0.717, 1.165) is 12.6 Å². The van der Waals surface area contributed by atoms with Crippen LogP contribution in [0.5, 0.6) is 0 Å². The number of nitrogens with one attached hydrogen (secondary N) is 1. The van der Waals surface area contributed by atoms with Crippen LogP contribution in [-0.2, 0) is 14.4 Å². The second kappa shape index (κ2) is 29.7. The van der Waals surface area contributed by atoms with E-state index < -0.39 is 0 Å². The van der Waals surface area contributed by atoms with Crippen molar-refractivity contribution in [3.8, 4) is 0 Å². The summed E-state index contributed by atoms with van der Waals surface area (Å²) in [5, 5.41) is 3.39. The molecule has 0 saturated carbocycles. The normalized spacial score (nSPS) is 8.83. The van der Waals surface area contributed by atoms with E-state index in [-0.39, 0.29) is 0 Å². The molecule has 4 nitrogen and oxygen atoms in total. The van der Waals surface area contributed by atoms with E-state index in [2.05, 4.69) is 25.7 Å². The average molecular weight is 344 g/mol. The molecular weight excluding hydrogens is 302 g/mol. The molecule has 0 aromatic carbocycles. The fourth-order valence-corrected chi connectivity index (χ4v) is 1.06. The quantitative estimate of drug-likeness (QED) is 0.357. The first kappa shape index (κ1) is 30.6. The monoisotopic (exact) mass is 343 g/mol. The van der Waals surface area contributed by atoms with Crippen molar-refractivity contribution in [2.45, 2.75) is 73.6 Å². The number of unbranched alkanes of at least 4 members (excludes halogenated alkanes) is 2. The van der Waals surface area contributed by atoms with Gasteiger partial charge in [-0.2, -0.15) is 0 Å². The second-order valence-electron chi connectivity index (χ2n) is 6.10. The highest BCUT2D eigenvalue weighted by atomic mass is 16.1. The van der Waals surface area contributed by atoms with Gasteiger partial charge >= 0.3 is 0 Å². The Labute approximate surface area is 150 Å². The van der Waals surface area contributed by atoms with Crippen LogP contribution in [0.2, 0.25) is 0 Å². The third-order valence-electron chi connectivity index (χ3n) is 2.87. The van der Waals surface area contributed by atoms with Gasteiger partial charge in [-0.1, -0.05) is 61.0 Å². The van der Waals surface area contributed by atoms with Crippen molar-refractivity contribution in [2.24, 2.45) is 11.8 Å². The summed E-state index contributed by atoms with van der Waals surface area (Å²) >= 11 is 0. The molecule has 4 heteroatoms. The maximum atomic E-state index is 9.85. The Morgan fingerprint density at radius 2 is 1.38 bits per heavy atom. The summed E-state index contributed by atoms with van der Waals surface area (Å²) in [6, 6.07) is 0. The largest absolute Gasteiger partial charge is 0.317 e. The molecule has 0 fully saturated rings. The lowest BCUT2D eigenvalue weighted by atomic mass is 10.1. The maximum Gasteiger partial charge on any atom is 0.145 e. The van der Waals surface area contributed by atoms with Crippen molar-refractivity contribution in [2.75, 3.05) is 13.1 Å². The van der Waals surface area contributed by atoms with E-state index in [1.165, 1.54) is 38.8 Å². The molecule has 0 heterocycles. The molecule has 0 aliphatic carbocycles. The lowest BCUT2D eigenvalue weighted by molar-refractivity contribution is -0.108. The Balaban J connectivity index is -0.000000121. The van der Waals surface area contributed by atoms with Gasteiger partial charge in [0.1, 0.15) is 19.4 Å². The fourth-order valence-electron chi connectivity index (χ4n) is 1.06. The van der Waals surface area contributed by atoms with Crippen LogP contribution >= 0.6 is 0 Å². The summed E-state index contributed by atoms with van der Waals surface area (Å²) in [7, 11) is 0. The first-order valence-corrected chi connectivity index (χ1v) is 8.94. The molecule has 0 aromatic heterocycles. The Morgan fingerprint density at radius 1 is 0.958 bits per heavy atom. The van der Waals surface area contributed by atoms with Crippen LogP contribution in [-0.4, -0.2) is 32.5 Å². The lowest BCUT2D eigenvalue weighted by Crippen LogP contribution is -2.15. The smallest absolute Gasteiger partial charge is 0.145 e. The molecule has 24 heavy (non-hydrogen) atoms. The van der Waals surface area contributed by atoms with Crippen molar-refractivity contribution in [1.29, 1.82) is 0 Å². The van der Waals surface area contributed by atoms with Crippen LogP contribution in [0, 0.1) is 11.8 Å². The van der Waals surface area contributed by atoms with Gasteiger partial charge in [-0.3, -0.25) is 4.79 Å². The maximum absolute atomic E-state index is 9.85. The van der Waals surface area contributed by atoms with Crippen LogP contribution in [0.3, 0.4) is 0 Å². The minimum Gasteiger partial charge on any atom is -0.317 e. The van der Waals surface area contributed by atoms with Gasteiger partial charge in [-0.25, -0.2) is 0 Å². The minimum atomic E-state index is 0.303. The summed E-state index contributed by atoms with van der Waals surface area (Å²) in [5.74, 6) is 0.833. The summed E-state index contributed by atoms with van der Waals surface area (Å²) < 4.78 is 0. The van der Waals surface area contributed by atoms with Crippen molar-refractivity contribution in [3.05, 3.63) is 12.2 Å². The molecule has 144 valence electrons. The molecule has 0 bridgehead atoms. The van der Waals surface area contributed by atoms with Gasteiger partial charge in [0.15, 0.2) is 0 Å². The van der Waals surface area contributed by atoms with E-state index in [0.29, 0.717) is 23.8 Å². The van der Waals surface area contributed by atoms with Crippen LogP contribution in [0.4, 0.5) is 0 Å². The number of allylic oxidation sites excluding steroid dienone is 1. The molecule has 0 saturated heterocycles. The van der Waals surface area contributed by atoms with E-state index in [1.807, 2.05) is 34.5 Å². The number of carbonyl (C=O) groups excluding carboxylic acids is 3.